The summed E-state index contributed by atoms with van der Waals surface area (Å²) in [4.78, 5) is 17.1. The van der Waals surface area contributed by atoms with Gasteiger partial charge in [-0.1, -0.05) is 54.1 Å². The predicted octanol–water partition coefficient (Wildman–Crippen LogP) is 4.98. The summed E-state index contributed by atoms with van der Waals surface area (Å²) in [5.41, 5.74) is 1.83. The summed E-state index contributed by atoms with van der Waals surface area (Å²) in [5.74, 6) is -0.410. The lowest BCUT2D eigenvalue weighted by molar-refractivity contribution is 0.101. The van der Waals surface area contributed by atoms with E-state index in [1.54, 1.807) is 36.4 Å². The average Bonchev–Trinajstić information content (AvgIpc) is 3.16. The Bertz CT molecular complexity index is 1130. The lowest BCUT2D eigenvalue weighted by Gasteiger charge is -2.05. The molecular weight excluding hydrogens is 379 g/mol. The fourth-order valence-electron chi connectivity index (χ4n) is 2.69. The van der Waals surface area contributed by atoms with Gasteiger partial charge in [0.25, 0.3) is 5.91 Å². The molecule has 0 aliphatic carbocycles. The van der Waals surface area contributed by atoms with Crippen LogP contribution < -0.4 is 5.32 Å². The van der Waals surface area contributed by atoms with E-state index in [2.05, 4.69) is 15.4 Å². The van der Waals surface area contributed by atoms with Crippen molar-refractivity contribution >= 4 is 23.2 Å². The van der Waals surface area contributed by atoms with Crippen molar-refractivity contribution in [3.05, 3.63) is 95.5 Å². The van der Waals surface area contributed by atoms with Crippen molar-refractivity contribution < 1.29 is 9.18 Å². The monoisotopic (exact) mass is 392 g/mol. The van der Waals surface area contributed by atoms with Crippen molar-refractivity contribution in [3.63, 3.8) is 0 Å². The number of benzene rings is 3. The van der Waals surface area contributed by atoms with Gasteiger partial charge in [0.2, 0.25) is 5.82 Å². The molecule has 0 aliphatic heterocycles. The Morgan fingerprint density at radius 1 is 0.929 bits per heavy atom. The standard InChI is InChI=1S/C21H14ClFN4O/c22-17-8-4-5-9-18(17)24-21(28)19-25-20(14-6-2-1-3-7-14)27(26-19)16-12-10-15(23)11-13-16/h1-13H,(H,24,28). The Kier molecular flexibility index (Phi) is 4.87. The van der Waals surface area contributed by atoms with E-state index in [0.717, 1.165) is 5.56 Å². The van der Waals surface area contributed by atoms with E-state index >= 15 is 0 Å². The molecule has 0 bridgehead atoms. The van der Waals surface area contributed by atoms with Crippen LogP contribution in [0.25, 0.3) is 17.1 Å². The van der Waals surface area contributed by atoms with Crippen LogP contribution in [0.3, 0.4) is 0 Å². The molecule has 0 spiro atoms. The molecule has 1 amide bonds. The number of para-hydroxylation sites is 1. The van der Waals surface area contributed by atoms with Gasteiger partial charge in [-0.3, -0.25) is 4.79 Å². The van der Waals surface area contributed by atoms with Crippen molar-refractivity contribution in [1.29, 1.82) is 0 Å². The van der Waals surface area contributed by atoms with Crippen LogP contribution in [0.4, 0.5) is 10.1 Å². The van der Waals surface area contributed by atoms with Crippen LogP contribution in [0.15, 0.2) is 78.9 Å². The molecule has 4 rings (SSSR count). The van der Waals surface area contributed by atoms with E-state index in [1.807, 2.05) is 30.3 Å². The molecule has 138 valence electrons. The fourth-order valence-corrected chi connectivity index (χ4v) is 2.87. The molecule has 0 atom stereocenters. The number of nitrogens with zero attached hydrogens (tertiary/aromatic N) is 3. The highest BCUT2D eigenvalue weighted by molar-refractivity contribution is 6.33. The molecule has 0 saturated carbocycles. The number of amides is 1. The number of hydrogen-bond acceptors (Lipinski definition) is 3. The highest BCUT2D eigenvalue weighted by Gasteiger charge is 2.19. The van der Waals surface area contributed by atoms with E-state index < -0.39 is 5.91 Å². The Morgan fingerprint density at radius 2 is 1.61 bits per heavy atom. The van der Waals surface area contributed by atoms with E-state index in [0.29, 0.717) is 22.2 Å². The Morgan fingerprint density at radius 3 is 2.32 bits per heavy atom. The maximum Gasteiger partial charge on any atom is 0.295 e. The van der Waals surface area contributed by atoms with Crippen molar-refractivity contribution in [3.8, 4) is 17.1 Å². The summed E-state index contributed by atoms with van der Waals surface area (Å²) >= 11 is 6.10. The van der Waals surface area contributed by atoms with Crippen molar-refractivity contribution in [2.45, 2.75) is 0 Å². The van der Waals surface area contributed by atoms with Gasteiger partial charge in [-0.25, -0.2) is 14.1 Å². The first kappa shape index (κ1) is 17.9. The van der Waals surface area contributed by atoms with Gasteiger partial charge < -0.3 is 5.32 Å². The molecule has 3 aromatic carbocycles. The number of carbonyl (C=O) groups excluding carboxylic acids is 1. The zero-order valence-corrected chi connectivity index (χ0v) is 15.3. The average molecular weight is 393 g/mol. The predicted molar refractivity (Wildman–Crippen MR) is 106 cm³/mol. The van der Waals surface area contributed by atoms with Crippen molar-refractivity contribution in [1.82, 2.24) is 14.8 Å². The van der Waals surface area contributed by atoms with Gasteiger partial charge in [0, 0.05) is 5.56 Å². The van der Waals surface area contributed by atoms with Gasteiger partial charge in [-0.2, -0.15) is 0 Å². The molecule has 4 aromatic rings. The van der Waals surface area contributed by atoms with Crippen molar-refractivity contribution in [2.75, 3.05) is 5.32 Å². The quantitative estimate of drug-likeness (QED) is 0.533. The third kappa shape index (κ3) is 3.63. The second-order valence-electron chi connectivity index (χ2n) is 5.95. The summed E-state index contributed by atoms with van der Waals surface area (Å²) in [6.45, 7) is 0. The van der Waals surface area contributed by atoms with Gasteiger partial charge in [-0.15, -0.1) is 5.10 Å². The minimum atomic E-state index is -0.494. The van der Waals surface area contributed by atoms with E-state index in [-0.39, 0.29) is 11.6 Å². The second kappa shape index (κ2) is 7.62. The van der Waals surface area contributed by atoms with Gasteiger partial charge in [0.05, 0.1) is 16.4 Å². The van der Waals surface area contributed by atoms with Crippen molar-refractivity contribution in [2.24, 2.45) is 0 Å². The SMILES string of the molecule is O=C(Nc1ccccc1Cl)c1nc(-c2ccccc2)n(-c2ccc(F)cc2)n1. The molecule has 0 saturated heterocycles. The summed E-state index contributed by atoms with van der Waals surface area (Å²) < 4.78 is 14.8. The smallest absolute Gasteiger partial charge is 0.295 e. The largest absolute Gasteiger partial charge is 0.318 e. The van der Waals surface area contributed by atoms with Gasteiger partial charge in [0.15, 0.2) is 5.82 Å². The van der Waals surface area contributed by atoms with Crippen LogP contribution in [0.5, 0.6) is 0 Å². The third-order valence-electron chi connectivity index (χ3n) is 4.04. The highest BCUT2D eigenvalue weighted by Crippen LogP contribution is 2.23. The molecule has 0 fully saturated rings. The van der Waals surface area contributed by atoms with Crippen LogP contribution in [-0.4, -0.2) is 20.7 Å². The summed E-state index contributed by atoms with van der Waals surface area (Å²) in [6, 6.07) is 22.0. The minimum Gasteiger partial charge on any atom is -0.318 e. The third-order valence-corrected chi connectivity index (χ3v) is 4.37. The first-order valence-corrected chi connectivity index (χ1v) is 8.84. The molecule has 0 radical (unpaired) electrons. The van der Waals surface area contributed by atoms with Crippen LogP contribution in [-0.2, 0) is 0 Å². The second-order valence-corrected chi connectivity index (χ2v) is 6.35. The number of nitrogens with one attached hydrogen (secondary N) is 1. The molecule has 5 nitrogen and oxygen atoms in total. The first-order valence-electron chi connectivity index (χ1n) is 8.46. The van der Waals surface area contributed by atoms with Crippen LogP contribution >= 0.6 is 11.6 Å². The maximum absolute atomic E-state index is 13.3. The Hall–Kier alpha value is -3.51. The summed E-state index contributed by atoms with van der Waals surface area (Å²) in [6.07, 6.45) is 0. The van der Waals surface area contributed by atoms with Gasteiger partial charge in [-0.05, 0) is 36.4 Å². The molecule has 1 heterocycles. The Labute approximate surface area is 165 Å². The minimum absolute atomic E-state index is 0.0249. The van der Waals surface area contributed by atoms with Crippen LogP contribution in [0, 0.1) is 5.82 Å². The lowest BCUT2D eigenvalue weighted by Crippen LogP contribution is -2.14. The Balaban J connectivity index is 1.76. The van der Waals surface area contributed by atoms with E-state index in [1.165, 1.54) is 16.8 Å². The van der Waals surface area contributed by atoms with E-state index in [4.69, 9.17) is 11.6 Å². The number of carbonyl (C=O) groups is 1. The first-order chi connectivity index (χ1) is 13.6. The molecule has 0 aliphatic rings. The topological polar surface area (TPSA) is 59.8 Å². The molecule has 1 N–H and O–H groups in total. The fraction of sp³-hybridized carbons (Fsp3) is 0. The molecule has 28 heavy (non-hydrogen) atoms. The number of aromatic nitrogens is 3. The van der Waals surface area contributed by atoms with Gasteiger partial charge >= 0.3 is 0 Å². The lowest BCUT2D eigenvalue weighted by atomic mass is 10.2. The van der Waals surface area contributed by atoms with Crippen LogP contribution in [0.1, 0.15) is 10.6 Å². The highest BCUT2D eigenvalue weighted by atomic mass is 35.5. The van der Waals surface area contributed by atoms with Crippen LogP contribution in [0.2, 0.25) is 5.02 Å². The van der Waals surface area contributed by atoms with E-state index in [9.17, 15) is 9.18 Å². The maximum atomic E-state index is 13.3. The zero-order valence-electron chi connectivity index (χ0n) is 14.5. The molecule has 1 aromatic heterocycles. The molecular formula is C21H14ClFN4O. The molecule has 7 heteroatoms. The summed E-state index contributed by atoms with van der Waals surface area (Å²) in [7, 11) is 0. The summed E-state index contributed by atoms with van der Waals surface area (Å²) in [5, 5.41) is 7.46. The van der Waals surface area contributed by atoms with Gasteiger partial charge in [0.1, 0.15) is 5.82 Å². The number of anilines is 1. The number of rotatable bonds is 4. The number of hydrogen-bond donors (Lipinski definition) is 1. The molecule has 0 unspecified atom stereocenters. The normalized spacial score (nSPS) is 10.6. The zero-order chi connectivity index (χ0) is 19.5. The number of halogens is 2.